The number of para-hydroxylation sites is 1. The molecule has 4 rings (SSSR count). The Hall–Kier alpha value is -3.21. The zero-order chi connectivity index (χ0) is 20.2. The minimum Gasteiger partial charge on any atom is -0.466 e. The first-order valence-electron chi connectivity index (χ1n) is 10.0. The molecule has 0 spiro atoms. The van der Waals surface area contributed by atoms with Gasteiger partial charge in [0.2, 0.25) is 0 Å². The number of pyridine rings is 1. The lowest BCUT2D eigenvalue weighted by Crippen LogP contribution is -2.33. The number of ether oxygens (including phenoxy) is 1. The summed E-state index contributed by atoms with van der Waals surface area (Å²) in [6.45, 7) is 3.20. The maximum absolute atomic E-state index is 13.3. The van der Waals surface area contributed by atoms with Crippen LogP contribution in [-0.4, -0.2) is 34.9 Å². The number of fused-ring (bicyclic) bond motifs is 1. The molecule has 0 N–H and O–H groups in total. The molecule has 1 aromatic heterocycles. The van der Waals surface area contributed by atoms with Crippen LogP contribution in [0.3, 0.4) is 0 Å². The molecule has 29 heavy (non-hydrogen) atoms. The van der Waals surface area contributed by atoms with Crippen molar-refractivity contribution >= 4 is 22.8 Å². The number of aromatic nitrogens is 1. The third kappa shape index (κ3) is 4.45. The van der Waals surface area contributed by atoms with Crippen LogP contribution in [0.25, 0.3) is 10.9 Å². The van der Waals surface area contributed by atoms with Crippen LogP contribution in [0, 0.1) is 11.8 Å². The van der Waals surface area contributed by atoms with Crippen LogP contribution in [0.5, 0.6) is 0 Å². The molecule has 1 aliphatic rings. The van der Waals surface area contributed by atoms with Crippen LogP contribution in [0.4, 0.5) is 0 Å². The number of carbonyl (C=O) groups excluding carboxylic acids is 2. The molecule has 2 atom stereocenters. The topological polar surface area (TPSA) is 59.5 Å². The van der Waals surface area contributed by atoms with Crippen molar-refractivity contribution in [3.63, 3.8) is 0 Å². The van der Waals surface area contributed by atoms with E-state index in [9.17, 15) is 9.59 Å². The second-order valence-corrected chi connectivity index (χ2v) is 7.41. The molecule has 5 nitrogen and oxygen atoms in total. The fourth-order valence-corrected chi connectivity index (χ4v) is 3.64. The number of rotatable bonds is 7. The van der Waals surface area contributed by atoms with E-state index in [2.05, 4.69) is 4.98 Å². The molecule has 1 fully saturated rings. The average molecular weight is 388 g/mol. The summed E-state index contributed by atoms with van der Waals surface area (Å²) < 4.78 is 5.13. The van der Waals surface area contributed by atoms with Gasteiger partial charge in [-0.2, -0.15) is 0 Å². The highest BCUT2D eigenvalue weighted by Crippen LogP contribution is 2.40. The summed E-state index contributed by atoms with van der Waals surface area (Å²) in [5.74, 6) is -0.240. The van der Waals surface area contributed by atoms with Crippen LogP contribution in [0.2, 0.25) is 0 Å². The van der Waals surface area contributed by atoms with Gasteiger partial charge < -0.3 is 9.64 Å². The quantitative estimate of drug-likeness (QED) is 0.573. The number of esters is 1. The Morgan fingerprint density at radius 1 is 1.03 bits per heavy atom. The van der Waals surface area contributed by atoms with E-state index < -0.39 is 0 Å². The highest BCUT2D eigenvalue weighted by Gasteiger charge is 2.45. The number of carbonyl (C=O) groups is 2. The molecule has 0 bridgehead atoms. The molecule has 5 heteroatoms. The van der Waals surface area contributed by atoms with Crippen LogP contribution in [-0.2, 0) is 16.1 Å². The Morgan fingerprint density at radius 2 is 1.79 bits per heavy atom. The maximum atomic E-state index is 13.3. The molecule has 0 radical (unpaired) electrons. The molecular weight excluding hydrogens is 364 g/mol. The maximum Gasteiger partial charge on any atom is 0.309 e. The van der Waals surface area contributed by atoms with Gasteiger partial charge in [-0.25, -0.2) is 4.98 Å². The second-order valence-electron chi connectivity index (χ2n) is 7.41. The third-order valence-corrected chi connectivity index (χ3v) is 5.29. The highest BCUT2D eigenvalue weighted by atomic mass is 16.5. The summed E-state index contributed by atoms with van der Waals surface area (Å²) in [6.07, 6.45) is 0.766. The standard InChI is InChI=1S/C24H24N2O3/c1-2-29-24(28)20-14-19(20)16-26(15-17-8-4-3-5-9-17)23(27)22-13-12-18-10-6-7-11-21(18)25-22/h3-13,19-20H,2,14-16H2,1H3/t19-,20+/m1/s1. The summed E-state index contributed by atoms with van der Waals surface area (Å²) >= 11 is 0. The molecule has 0 aliphatic heterocycles. The van der Waals surface area contributed by atoms with Crippen LogP contribution in [0.1, 0.15) is 29.4 Å². The van der Waals surface area contributed by atoms with E-state index in [0.717, 1.165) is 22.9 Å². The fourth-order valence-electron chi connectivity index (χ4n) is 3.64. The fraction of sp³-hybridized carbons (Fsp3) is 0.292. The Balaban J connectivity index is 1.55. The van der Waals surface area contributed by atoms with E-state index in [-0.39, 0.29) is 23.7 Å². The van der Waals surface area contributed by atoms with Crippen molar-refractivity contribution in [3.8, 4) is 0 Å². The summed E-state index contributed by atoms with van der Waals surface area (Å²) in [4.78, 5) is 31.7. The van der Waals surface area contributed by atoms with Crippen LogP contribution >= 0.6 is 0 Å². The van der Waals surface area contributed by atoms with E-state index in [1.54, 1.807) is 11.0 Å². The van der Waals surface area contributed by atoms with Crippen LogP contribution < -0.4 is 0 Å². The molecule has 148 valence electrons. The van der Waals surface area contributed by atoms with Crippen molar-refractivity contribution in [2.24, 2.45) is 11.8 Å². The predicted octanol–water partition coefficient (Wildman–Crippen LogP) is 4.08. The highest BCUT2D eigenvalue weighted by molar-refractivity contribution is 5.95. The Morgan fingerprint density at radius 3 is 2.59 bits per heavy atom. The van der Waals surface area contributed by atoms with E-state index in [1.165, 1.54) is 0 Å². The summed E-state index contributed by atoms with van der Waals surface area (Å²) in [5, 5.41) is 1.00. The zero-order valence-electron chi connectivity index (χ0n) is 16.5. The van der Waals surface area contributed by atoms with Gasteiger partial charge in [0, 0.05) is 18.5 Å². The van der Waals surface area contributed by atoms with E-state index in [4.69, 9.17) is 4.74 Å². The van der Waals surface area contributed by atoms with Crippen LogP contribution in [0.15, 0.2) is 66.7 Å². The Bertz CT molecular complexity index is 1020. The Kier molecular flexibility index (Phi) is 5.56. The molecule has 3 aromatic rings. The van der Waals surface area contributed by atoms with Crippen molar-refractivity contribution in [2.45, 2.75) is 19.9 Å². The number of amides is 1. The molecule has 2 aromatic carbocycles. The van der Waals surface area contributed by atoms with E-state index in [0.29, 0.717) is 25.4 Å². The average Bonchev–Trinajstić information content (AvgIpc) is 3.53. The predicted molar refractivity (Wildman–Crippen MR) is 111 cm³/mol. The SMILES string of the molecule is CCOC(=O)[C@H]1C[C@@H]1CN(Cc1ccccc1)C(=O)c1ccc2ccccc2n1. The molecule has 1 saturated carbocycles. The number of nitrogens with zero attached hydrogens (tertiary/aromatic N) is 2. The van der Waals surface area contributed by atoms with E-state index >= 15 is 0 Å². The van der Waals surface area contributed by atoms with Gasteiger partial charge in [0.05, 0.1) is 18.0 Å². The first-order chi connectivity index (χ1) is 14.2. The molecule has 1 aliphatic carbocycles. The van der Waals surface area contributed by atoms with Crippen molar-refractivity contribution in [2.75, 3.05) is 13.2 Å². The smallest absolute Gasteiger partial charge is 0.309 e. The molecule has 0 saturated heterocycles. The van der Waals surface area contributed by atoms with Gasteiger partial charge in [-0.3, -0.25) is 9.59 Å². The number of hydrogen-bond donors (Lipinski definition) is 0. The zero-order valence-corrected chi connectivity index (χ0v) is 16.5. The van der Waals surface area contributed by atoms with Crippen molar-refractivity contribution in [1.82, 2.24) is 9.88 Å². The van der Waals surface area contributed by atoms with Crippen molar-refractivity contribution < 1.29 is 14.3 Å². The van der Waals surface area contributed by atoms with Gasteiger partial charge in [0.25, 0.3) is 5.91 Å². The normalized spacial score (nSPS) is 17.7. The van der Waals surface area contributed by atoms with E-state index in [1.807, 2.05) is 67.6 Å². The van der Waals surface area contributed by atoms with Crippen molar-refractivity contribution in [1.29, 1.82) is 0 Å². The van der Waals surface area contributed by atoms with Crippen molar-refractivity contribution in [3.05, 3.63) is 78.0 Å². The largest absolute Gasteiger partial charge is 0.466 e. The van der Waals surface area contributed by atoms with Gasteiger partial charge in [-0.1, -0.05) is 54.6 Å². The minimum absolute atomic E-state index is 0.106. The monoisotopic (exact) mass is 388 g/mol. The van der Waals surface area contributed by atoms with Gasteiger partial charge in [-0.15, -0.1) is 0 Å². The van der Waals surface area contributed by atoms with Gasteiger partial charge >= 0.3 is 5.97 Å². The lowest BCUT2D eigenvalue weighted by molar-refractivity contribution is -0.145. The first kappa shape index (κ1) is 19.1. The molecule has 0 unspecified atom stereocenters. The third-order valence-electron chi connectivity index (χ3n) is 5.29. The van der Waals surface area contributed by atoms with Gasteiger partial charge in [0.1, 0.15) is 5.69 Å². The van der Waals surface area contributed by atoms with Gasteiger partial charge in [-0.05, 0) is 37.0 Å². The molecule has 1 amide bonds. The molecule has 1 heterocycles. The summed E-state index contributed by atoms with van der Waals surface area (Å²) in [5.41, 5.74) is 2.27. The molecular formula is C24H24N2O3. The second kappa shape index (κ2) is 8.43. The lowest BCUT2D eigenvalue weighted by Gasteiger charge is -2.23. The van der Waals surface area contributed by atoms with Gasteiger partial charge in [0.15, 0.2) is 0 Å². The minimum atomic E-state index is -0.159. The summed E-state index contributed by atoms with van der Waals surface area (Å²) in [6, 6.07) is 21.3. The summed E-state index contributed by atoms with van der Waals surface area (Å²) in [7, 11) is 0. The number of hydrogen-bond acceptors (Lipinski definition) is 4. The lowest BCUT2D eigenvalue weighted by atomic mass is 10.1. The number of benzene rings is 2. The first-order valence-corrected chi connectivity index (χ1v) is 10.0. The Labute approximate surface area is 170 Å².